The lowest BCUT2D eigenvalue weighted by Crippen LogP contribution is -2.41. The number of benzene rings is 2. The number of nitrogens with one attached hydrogen (secondary N) is 1. The second kappa shape index (κ2) is 7.96. The molecule has 0 atom stereocenters. The molecule has 33 heavy (non-hydrogen) atoms. The molecule has 2 aromatic heterocycles. The van der Waals surface area contributed by atoms with Crippen LogP contribution in [-0.4, -0.2) is 32.2 Å². The van der Waals surface area contributed by atoms with Crippen LogP contribution in [0.4, 0.5) is 19.3 Å². The van der Waals surface area contributed by atoms with Gasteiger partial charge in [0, 0.05) is 29.1 Å². The largest absolute Gasteiger partial charge is 0.399 e. The minimum absolute atomic E-state index is 0.239. The summed E-state index contributed by atoms with van der Waals surface area (Å²) < 4.78 is 30.0. The molecule has 5 rings (SSSR count). The van der Waals surface area contributed by atoms with Gasteiger partial charge in [0.1, 0.15) is 5.69 Å². The van der Waals surface area contributed by atoms with Gasteiger partial charge < -0.3 is 16.0 Å². The van der Waals surface area contributed by atoms with Crippen LogP contribution >= 0.6 is 11.3 Å². The average Bonchev–Trinajstić information content (AvgIpc) is 3.34. The minimum Gasteiger partial charge on any atom is -0.399 e. The van der Waals surface area contributed by atoms with Crippen molar-refractivity contribution in [2.24, 2.45) is 5.73 Å². The second-order valence-corrected chi connectivity index (χ2v) is 9.05. The molecule has 1 aliphatic rings. The van der Waals surface area contributed by atoms with E-state index in [1.165, 1.54) is 6.07 Å². The van der Waals surface area contributed by atoms with Crippen molar-refractivity contribution in [1.82, 2.24) is 19.7 Å². The summed E-state index contributed by atoms with van der Waals surface area (Å²) in [6, 6.07) is 8.94. The fourth-order valence-electron chi connectivity index (χ4n) is 4.00. The number of aryl methyl sites for hydroxylation is 1. The smallest absolute Gasteiger partial charge is 0.322 e. The lowest BCUT2D eigenvalue weighted by molar-refractivity contribution is 0.194. The molecule has 0 unspecified atom stereocenters. The molecular weight excluding hydrogens is 446 g/mol. The molecule has 10 heteroatoms. The number of carbonyl (C=O) groups excluding carboxylic acids is 1. The summed E-state index contributed by atoms with van der Waals surface area (Å²) >= 11 is 1.60. The number of fused-ring (bicyclic) bond motifs is 2. The van der Waals surface area contributed by atoms with E-state index in [1.807, 2.05) is 25.1 Å². The molecule has 168 valence electrons. The van der Waals surface area contributed by atoms with E-state index in [0.717, 1.165) is 27.4 Å². The Hall–Kier alpha value is -3.79. The van der Waals surface area contributed by atoms with Crippen LogP contribution in [0.3, 0.4) is 0 Å². The molecular formula is C23H20F2N6OS. The number of anilines is 1. The summed E-state index contributed by atoms with van der Waals surface area (Å²) in [5, 5.41) is 8.43. The van der Waals surface area contributed by atoms with Gasteiger partial charge in [0.05, 0.1) is 34.0 Å². The third-order valence-corrected chi connectivity index (χ3v) is 6.48. The predicted octanol–water partition coefficient (Wildman–Crippen LogP) is 4.72. The Morgan fingerprint density at radius 1 is 1.18 bits per heavy atom. The first kappa shape index (κ1) is 21.1. The number of thiazole rings is 1. The van der Waals surface area contributed by atoms with Crippen LogP contribution in [0.25, 0.3) is 27.2 Å². The maximum absolute atomic E-state index is 13.8. The number of rotatable bonds is 3. The Morgan fingerprint density at radius 3 is 2.76 bits per heavy atom. The zero-order chi connectivity index (χ0) is 23.3. The van der Waals surface area contributed by atoms with Gasteiger partial charge in [-0.05, 0) is 43.3 Å². The predicted molar refractivity (Wildman–Crippen MR) is 125 cm³/mol. The number of hydrogen-bond donors (Lipinski definition) is 2. The van der Waals surface area contributed by atoms with Crippen LogP contribution in [0.1, 0.15) is 16.3 Å². The third-order valence-electron chi connectivity index (χ3n) is 5.53. The molecule has 0 saturated heterocycles. The van der Waals surface area contributed by atoms with Crippen molar-refractivity contribution in [2.75, 3.05) is 11.9 Å². The van der Waals surface area contributed by atoms with Gasteiger partial charge in [-0.3, -0.25) is 4.68 Å². The first-order valence-corrected chi connectivity index (χ1v) is 11.0. The number of nitrogens with zero attached hydrogens (tertiary/aromatic N) is 4. The fourth-order valence-corrected chi connectivity index (χ4v) is 4.80. The third kappa shape index (κ3) is 3.82. The minimum atomic E-state index is -0.972. The molecule has 0 bridgehead atoms. The highest BCUT2D eigenvalue weighted by atomic mass is 32.1. The highest BCUT2D eigenvalue weighted by Gasteiger charge is 2.28. The Morgan fingerprint density at radius 2 is 2.00 bits per heavy atom. The maximum atomic E-state index is 13.8. The molecule has 3 heterocycles. The molecule has 0 spiro atoms. The van der Waals surface area contributed by atoms with E-state index in [2.05, 4.69) is 22.0 Å². The maximum Gasteiger partial charge on any atom is 0.322 e. The summed E-state index contributed by atoms with van der Waals surface area (Å²) in [5.74, 6) is -1.91. The number of amides is 2. The van der Waals surface area contributed by atoms with Gasteiger partial charge >= 0.3 is 6.03 Å². The summed E-state index contributed by atoms with van der Waals surface area (Å²) in [4.78, 5) is 19.1. The first-order valence-electron chi connectivity index (χ1n) is 10.2. The second-order valence-electron chi connectivity index (χ2n) is 7.81. The van der Waals surface area contributed by atoms with Crippen molar-refractivity contribution in [3.05, 3.63) is 70.9 Å². The molecule has 0 fully saturated rings. The summed E-state index contributed by atoms with van der Waals surface area (Å²) in [5.41, 5.74) is 9.79. The molecule has 2 amide bonds. The van der Waals surface area contributed by atoms with Crippen LogP contribution in [0.15, 0.2) is 43.0 Å². The van der Waals surface area contributed by atoms with Crippen molar-refractivity contribution < 1.29 is 13.6 Å². The monoisotopic (exact) mass is 466 g/mol. The Labute approximate surface area is 192 Å². The van der Waals surface area contributed by atoms with Gasteiger partial charge in [-0.1, -0.05) is 6.58 Å². The summed E-state index contributed by atoms with van der Waals surface area (Å²) in [6.07, 6.45) is 0. The number of nitrogens with two attached hydrogens (primary N) is 1. The van der Waals surface area contributed by atoms with E-state index in [0.29, 0.717) is 41.3 Å². The molecule has 7 nitrogen and oxygen atoms in total. The number of carbonyl (C=O) groups is 1. The Bertz CT molecular complexity index is 1430. The molecule has 0 radical (unpaired) electrons. The quantitative estimate of drug-likeness (QED) is 0.457. The van der Waals surface area contributed by atoms with Crippen molar-refractivity contribution in [1.29, 1.82) is 0 Å². The van der Waals surface area contributed by atoms with Gasteiger partial charge in [-0.15, -0.1) is 11.3 Å². The van der Waals surface area contributed by atoms with Gasteiger partial charge in [0.2, 0.25) is 0 Å². The topological polar surface area (TPSA) is 89.1 Å². The molecule has 1 aliphatic heterocycles. The Kier molecular flexibility index (Phi) is 5.09. The van der Waals surface area contributed by atoms with E-state index in [9.17, 15) is 13.6 Å². The molecule has 2 aromatic carbocycles. The zero-order valence-corrected chi connectivity index (χ0v) is 18.5. The van der Waals surface area contributed by atoms with E-state index >= 15 is 0 Å². The van der Waals surface area contributed by atoms with Crippen LogP contribution in [-0.2, 0) is 13.1 Å². The zero-order valence-electron chi connectivity index (χ0n) is 17.7. The van der Waals surface area contributed by atoms with Gasteiger partial charge in [0.15, 0.2) is 11.6 Å². The van der Waals surface area contributed by atoms with Crippen molar-refractivity contribution in [3.63, 3.8) is 0 Å². The van der Waals surface area contributed by atoms with Crippen LogP contribution < -0.4 is 11.1 Å². The normalized spacial score (nSPS) is 13.2. The van der Waals surface area contributed by atoms with E-state index in [-0.39, 0.29) is 18.3 Å². The van der Waals surface area contributed by atoms with Gasteiger partial charge in [0.25, 0.3) is 0 Å². The highest BCUT2D eigenvalue weighted by molar-refractivity contribution is 7.18. The van der Waals surface area contributed by atoms with Crippen molar-refractivity contribution in [3.8, 4) is 11.3 Å². The van der Waals surface area contributed by atoms with Crippen molar-refractivity contribution >= 4 is 39.0 Å². The molecule has 0 aliphatic carbocycles. The van der Waals surface area contributed by atoms with Gasteiger partial charge in [-0.2, -0.15) is 5.10 Å². The van der Waals surface area contributed by atoms with Crippen LogP contribution in [0, 0.1) is 18.6 Å². The van der Waals surface area contributed by atoms with Gasteiger partial charge in [-0.25, -0.2) is 18.6 Å². The lowest BCUT2D eigenvalue weighted by Gasteiger charge is -2.28. The fraction of sp³-hybridized carbons (Fsp3) is 0.174. The average molecular weight is 467 g/mol. The number of halogens is 2. The van der Waals surface area contributed by atoms with E-state index in [1.54, 1.807) is 20.9 Å². The number of hydrogen-bond acceptors (Lipinski definition) is 5. The molecule has 3 N–H and O–H groups in total. The van der Waals surface area contributed by atoms with Crippen molar-refractivity contribution in [2.45, 2.75) is 20.0 Å². The lowest BCUT2D eigenvalue weighted by atomic mass is 10.0. The number of aromatic nitrogens is 3. The SMILES string of the molecule is C=C(N)c1c(-c2ccc(F)c(F)c2)nn2c1CN(C(=O)Nc1ccc3sc(C)nc3c1)CC2. The summed E-state index contributed by atoms with van der Waals surface area (Å²) in [7, 11) is 0. The van der Waals surface area contributed by atoms with E-state index in [4.69, 9.17) is 5.73 Å². The first-order chi connectivity index (χ1) is 15.8. The molecule has 0 saturated carbocycles. The van der Waals surface area contributed by atoms with E-state index < -0.39 is 11.6 Å². The summed E-state index contributed by atoms with van der Waals surface area (Å²) in [6.45, 7) is 6.87. The number of urea groups is 1. The van der Waals surface area contributed by atoms with Crippen LogP contribution in [0.5, 0.6) is 0 Å². The Balaban J connectivity index is 1.42. The molecule has 4 aromatic rings. The highest BCUT2D eigenvalue weighted by Crippen LogP contribution is 2.32. The standard InChI is InChI=1S/C23H20F2N6OS/c1-12(26)21-19-11-30(23(32)28-15-4-6-20-18(10-15)27-13(2)33-20)7-8-31(19)29-22(21)14-3-5-16(24)17(25)9-14/h3-6,9-10H,1,7-8,11,26H2,2H3,(H,28,32). The van der Waals surface area contributed by atoms with Crippen LogP contribution in [0.2, 0.25) is 0 Å².